The Balaban J connectivity index is 1.78. The molecule has 0 bridgehead atoms. The highest BCUT2D eigenvalue weighted by Crippen LogP contribution is 2.23. The van der Waals surface area contributed by atoms with Gasteiger partial charge in [0.1, 0.15) is 0 Å². The Morgan fingerprint density at radius 2 is 2.09 bits per heavy atom. The highest BCUT2D eigenvalue weighted by Gasteiger charge is 2.29. The molecule has 1 aliphatic rings. The monoisotopic (exact) mass is 383 g/mol. The van der Waals surface area contributed by atoms with Gasteiger partial charge in [-0.05, 0) is 42.9 Å². The van der Waals surface area contributed by atoms with Gasteiger partial charge in [-0.3, -0.25) is 9.59 Å². The average Bonchev–Trinajstić information content (AvgIpc) is 2.54. The Morgan fingerprint density at radius 1 is 1.35 bits per heavy atom. The van der Waals surface area contributed by atoms with E-state index in [1.807, 2.05) is 24.3 Å². The van der Waals surface area contributed by atoms with Gasteiger partial charge in [0, 0.05) is 30.7 Å². The maximum atomic E-state index is 12.0. The van der Waals surface area contributed by atoms with Crippen molar-refractivity contribution in [1.82, 2.24) is 5.32 Å². The predicted molar refractivity (Wildman–Crippen MR) is 90.1 cm³/mol. The molecule has 1 aliphatic heterocycles. The highest BCUT2D eigenvalue weighted by molar-refractivity contribution is 9.10. The van der Waals surface area contributed by atoms with Crippen molar-refractivity contribution < 1.29 is 19.4 Å². The smallest absolute Gasteiger partial charge is 0.308 e. The first-order valence-corrected chi connectivity index (χ1v) is 8.67. The van der Waals surface area contributed by atoms with Crippen LogP contribution in [0, 0.1) is 11.8 Å². The third-order valence-corrected chi connectivity index (χ3v) is 4.69. The number of ether oxygens (including phenoxy) is 1. The van der Waals surface area contributed by atoms with Crippen molar-refractivity contribution in [2.24, 2.45) is 11.8 Å². The second-order valence-corrected chi connectivity index (χ2v) is 6.74. The van der Waals surface area contributed by atoms with E-state index >= 15 is 0 Å². The van der Waals surface area contributed by atoms with Crippen molar-refractivity contribution in [3.63, 3.8) is 0 Å². The predicted octanol–water partition coefficient (Wildman–Crippen LogP) is 2.63. The van der Waals surface area contributed by atoms with Crippen molar-refractivity contribution in [3.8, 4) is 0 Å². The number of carbonyl (C=O) groups is 2. The number of carbonyl (C=O) groups excluding carboxylic acids is 1. The molecule has 5 nitrogen and oxygen atoms in total. The minimum Gasteiger partial charge on any atom is -0.481 e. The van der Waals surface area contributed by atoms with Gasteiger partial charge >= 0.3 is 5.97 Å². The molecule has 6 heteroatoms. The summed E-state index contributed by atoms with van der Waals surface area (Å²) in [5.41, 5.74) is 1.08. The third-order valence-electron chi connectivity index (χ3n) is 4.20. The van der Waals surface area contributed by atoms with Crippen molar-refractivity contribution in [1.29, 1.82) is 0 Å². The summed E-state index contributed by atoms with van der Waals surface area (Å²) in [6.07, 6.45) is 2.48. The van der Waals surface area contributed by atoms with Crippen LogP contribution in [-0.4, -0.2) is 36.7 Å². The molecule has 1 amide bonds. The summed E-state index contributed by atoms with van der Waals surface area (Å²) in [5.74, 6) is -1.41. The molecule has 126 valence electrons. The van der Waals surface area contributed by atoms with E-state index in [1.165, 1.54) is 0 Å². The number of halogens is 1. The van der Waals surface area contributed by atoms with Crippen LogP contribution in [-0.2, 0) is 20.7 Å². The van der Waals surface area contributed by atoms with Crippen molar-refractivity contribution >= 4 is 27.8 Å². The zero-order chi connectivity index (χ0) is 16.7. The van der Waals surface area contributed by atoms with Crippen molar-refractivity contribution in [3.05, 3.63) is 34.3 Å². The van der Waals surface area contributed by atoms with E-state index in [1.54, 1.807) is 0 Å². The fraction of sp³-hybridized carbons (Fsp3) is 0.529. The van der Waals surface area contributed by atoms with Gasteiger partial charge in [0.05, 0.1) is 5.92 Å². The molecule has 2 rings (SSSR count). The molecule has 1 fully saturated rings. The Hall–Kier alpha value is -1.40. The number of amides is 1. The summed E-state index contributed by atoms with van der Waals surface area (Å²) in [7, 11) is 0. The lowest BCUT2D eigenvalue weighted by Gasteiger charge is -2.27. The van der Waals surface area contributed by atoms with E-state index in [9.17, 15) is 14.7 Å². The fourth-order valence-corrected chi connectivity index (χ4v) is 3.28. The standard InChI is InChI=1S/C17H22BrNO4/c18-14-3-1-2-12(10-14)4-5-16(20)19-11-15(17(21)22)13-6-8-23-9-7-13/h1-3,10,13,15H,4-9,11H2,(H,19,20)(H,21,22). The quantitative estimate of drug-likeness (QED) is 0.758. The summed E-state index contributed by atoms with van der Waals surface area (Å²) in [4.78, 5) is 23.4. The molecule has 0 saturated carbocycles. The van der Waals surface area contributed by atoms with E-state index in [2.05, 4.69) is 21.2 Å². The SMILES string of the molecule is O=C(CCc1cccc(Br)c1)NCC(C(=O)O)C1CCOCC1. The maximum Gasteiger partial charge on any atom is 0.308 e. The summed E-state index contributed by atoms with van der Waals surface area (Å²) in [6, 6.07) is 7.83. The number of carboxylic acids is 1. The molecule has 1 unspecified atom stereocenters. The normalized spacial score (nSPS) is 16.7. The second kappa shape index (κ2) is 9.03. The first-order chi connectivity index (χ1) is 11.1. The third kappa shape index (κ3) is 5.95. The number of aliphatic carboxylic acids is 1. The Kier molecular flexibility index (Phi) is 7.05. The van der Waals surface area contributed by atoms with Crippen LogP contribution in [0.5, 0.6) is 0 Å². The number of aryl methyl sites for hydroxylation is 1. The van der Waals surface area contributed by atoms with Gasteiger partial charge in [-0.15, -0.1) is 0 Å². The van der Waals surface area contributed by atoms with Gasteiger partial charge in [0.2, 0.25) is 5.91 Å². The second-order valence-electron chi connectivity index (χ2n) is 5.83. The molecule has 1 heterocycles. The minimum atomic E-state index is -0.843. The van der Waals surface area contributed by atoms with Crippen molar-refractivity contribution in [2.45, 2.75) is 25.7 Å². The van der Waals surface area contributed by atoms with E-state index in [4.69, 9.17) is 4.74 Å². The molecular weight excluding hydrogens is 362 g/mol. The van der Waals surface area contributed by atoms with Crippen LogP contribution in [0.15, 0.2) is 28.7 Å². The Bertz CT molecular complexity index is 543. The summed E-state index contributed by atoms with van der Waals surface area (Å²) < 4.78 is 6.26. The first kappa shape index (κ1) is 17.9. The van der Waals surface area contributed by atoms with E-state index < -0.39 is 11.9 Å². The van der Waals surface area contributed by atoms with Crippen LogP contribution in [0.2, 0.25) is 0 Å². The van der Waals surface area contributed by atoms with E-state index in [-0.39, 0.29) is 18.4 Å². The molecule has 0 spiro atoms. The molecule has 1 aromatic rings. The van der Waals surface area contributed by atoms with Gasteiger partial charge in [-0.1, -0.05) is 28.1 Å². The van der Waals surface area contributed by atoms with Gasteiger partial charge in [-0.2, -0.15) is 0 Å². The summed E-state index contributed by atoms with van der Waals surface area (Å²) in [6.45, 7) is 1.40. The molecule has 1 atom stereocenters. The lowest BCUT2D eigenvalue weighted by Crippen LogP contribution is -2.39. The van der Waals surface area contributed by atoms with Crippen molar-refractivity contribution in [2.75, 3.05) is 19.8 Å². The number of hydrogen-bond acceptors (Lipinski definition) is 3. The number of hydrogen-bond donors (Lipinski definition) is 2. The molecule has 0 aromatic heterocycles. The molecule has 0 radical (unpaired) electrons. The minimum absolute atomic E-state index is 0.0756. The highest BCUT2D eigenvalue weighted by atomic mass is 79.9. The first-order valence-electron chi connectivity index (χ1n) is 7.88. The van der Waals surface area contributed by atoms with Crippen LogP contribution in [0.4, 0.5) is 0 Å². The average molecular weight is 384 g/mol. The largest absolute Gasteiger partial charge is 0.481 e. The Morgan fingerprint density at radius 3 is 2.74 bits per heavy atom. The molecule has 2 N–H and O–H groups in total. The number of carboxylic acid groups (broad SMARTS) is 1. The van der Waals surface area contributed by atoms with Gasteiger partial charge in [0.15, 0.2) is 0 Å². The molecule has 1 aromatic carbocycles. The van der Waals surface area contributed by atoms with Crippen LogP contribution >= 0.6 is 15.9 Å². The molecule has 23 heavy (non-hydrogen) atoms. The van der Waals surface area contributed by atoms with Crippen LogP contribution in [0.25, 0.3) is 0 Å². The number of benzene rings is 1. The molecule has 1 saturated heterocycles. The van der Waals surface area contributed by atoms with Crippen LogP contribution in [0.1, 0.15) is 24.8 Å². The van der Waals surface area contributed by atoms with Crippen LogP contribution in [0.3, 0.4) is 0 Å². The lowest BCUT2D eigenvalue weighted by molar-refractivity contribution is -0.144. The maximum absolute atomic E-state index is 12.0. The fourth-order valence-electron chi connectivity index (χ4n) is 2.84. The number of rotatable bonds is 7. The zero-order valence-electron chi connectivity index (χ0n) is 13.0. The summed E-state index contributed by atoms with van der Waals surface area (Å²) >= 11 is 3.40. The lowest BCUT2D eigenvalue weighted by atomic mass is 9.86. The molecular formula is C17H22BrNO4. The topological polar surface area (TPSA) is 75.6 Å². The summed E-state index contributed by atoms with van der Waals surface area (Å²) in [5, 5.41) is 12.2. The molecule has 0 aliphatic carbocycles. The van der Waals surface area contributed by atoms with Gasteiger partial charge in [-0.25, -0.2) is 0 Å². The Labute approximate surface area is 144 Å². The van der Waals surface area contributed by atoms with Gasteiger partial charge in [0.25, 0.3) is 0 Å². The van der Waals surface area contributed by atoms with Crippen LogP contribution < -0.4 is 5.32 Å². The van der Waals surface area contributed by atoms with Gasteiger partial charge < -0.3 is 15.2 Å². The number of nitrogens with one attached hydrogen (secondary N) is 1. The van der Waals surface area contributed by atoms with E-state index in [0.29, 0.717) is 26.1 Å². The van der Waals surface area contributed by atoms with E-state index in [0.717, 1.165) is 22.9 Å². The zero-order valence-corrected chi connectivity index (χ0v) is 14.5.